The molecule has 4 nitrogen and oxygen atoms in total. The summed E-state index contributed by atoms with van der Waals surface area (Å²) >= 11 is 0. The fraction of sp³-hybridized carbons (Fsp3) is 0.533. The molecule has 3 N–H and O–H groups in total. The lowest BCUT2D eigenvalue weighted by atomic mass is 10.1. The molecule has 0 unspecified atom stereocenters. The van der Waals surface area contributed by atoms with Crippen molar-refractivity contribution in [3.8, 4) is 0 Å². The van der Waals surface area contributed by atoms with E-state index in [1.165, 1.54) is 6.07 Å². The van der Waals surface area contributed by atoms with Crippen LogP contribution in [0.4, 0.5) is 18.9 Å². The Morgan fingerprint density at radius 1 is 1.41 bits per heavy atom. The van der Waals surface area contributed by atoms with Crippen molar-refractivity contribution < 1.29 is 18.0 Å². The second kappa shape index (κ2) is 6.56. The van der Waals surface area contributed by atoms with E-state index in [9.17, 15) is 18.0 Å². The van der Waals surface area contributed by atoms with Crippen LogP contribution in [-0.4, -0.2) is 37.0 Å². The molecule has 1 amide bonds. The predicted octanol–water partition coefficient (Wildman–Crippen LogP) is 2.36. The maximum absolute atomic E-state index is 12.7. The molecular weight excluding hydrogens is 295 g/mol. The van der Waals surface area contributed by atoms with Crippen molar-refractivity contribution in [3.63, 3.8) is 0 Å². The van der Waals surface area contributed by atoms with Crippen molar-refractivity contribution >= 4 is 11.6 Å². The van der Waals surface area contributed by atoms with Crippen molar-refractivity contribution in [1.29, 1.82) is 0 Å². The average Bonchev–Trinajstić information content (AvgIpc) is 2.82. The number of nitrogens with one attached hydrogen (secondary N) is 1. The number of nitrogens with two attached hydrogens (primary N) is 1. The molecule has 0 bridgehead atoms. The minimum absolute atomic E-state index is 0.0675. The number of nitrogen functional groups attached to an aromatic ring is 1. The number of carbonyl (C=O) groups excluding carboxylic acids is 1. The summed E-state index contributed by atoms with van der Waals surface area (Å²) in [5.74, 6) is 0.115. The number of hydrogen-bond donors (Lipinski definition) is 2. The van der Waals surface area contributed by atoms with Gasteiger partial charge in [0, 0.05) is 30.9 Å². The van der Waals surface area contributed by atoms with Crippen LogP contribution < -0.4 is 11.1 Å². The molecule has 1 aromatic rings. The third-order valence-electron chi connectivity index (χ3n) is 3.77. The number of carbonyl (C=O) groups is 1. The SMILES string of the molecule is C[C@@H]1CCN(CCNC(=O)c2cc(N)cc(C(F)(F)F)c2)C1. The Labute approximate surface area is 127 Å². The molecule has 1 aliphatic rings. The zero-order valence-electron chi connectivity index (χ0n) is 12.4. The molecule has 22 heavy (non-hydrogen) atoms. The topological polar surface area (TPSA) is 58.4 Å². The lowest BCUT2D eigenvalue weighted by Gasteiger charge is -2.16. The van der Waals surface area contributed by atoms with Crippen LogP contribution in [0.25, 0.3) is 0 Å². The molecule has 1 atom stereocenters. The maximum Gasteiger partial charge on any atom is 0.416 e. The molecule has 0 radical (unpaired) electrons. The molecule has 122 valence electrons. The summed E-state index contributed by atoms with van der Waals surface area (Å²) in [7, 11) is 0. The number of benzene rings is 1. The van der Waals surface area contributed by atoms with Crippen molar-refractivity contribution in [3.05, 3.63) is 29.3 Å². The van der Waals surface area contributed by atoms with Crippen LogP contribution in [0, 0.1) is 5.92 Å². The number of likely N-dealkylation sites (tertiary alicyclic amines) is 1. The standard InChI is InChI=1S/C15H20F3N3O/c1-10-2-4-21(9-10)5-3-20-14(22)11-6-12(15(16,17)18)8-13(19)7-11/h6-8,10H,2-5,9,19H2,1H3,(H,20,22)/t10-/m1/s1. The van der Waals surface area contributed by atoms with Crippen molar-refractivity contribution in [2.24, 2.45) is 5.92 Å². The number of rotatable bonds is 4. The zero-order valence-corrected chi connectivity index (χ0v) is 12.4. The van der Waals surface area contributed by atoms with Crippen LogP contribution in [0.5, 0.6) is 0 Å². The van der Waals surface area contributed by atoms with E-state index >= 15 is 0 Å². The van der Waals surface area contributed by atoms with Crippen LogP contribution in [0.3, 0.4) is 0 Å². The van der Waals surface area contributed by atoms with Gasteiger partial charge in [-0.15, -0.1) is 0 Å². The van der Waals surface area contributed by atoms with Gasteiger partial charge in [0.25, 0.3) is 5.91 Å². The summed E-state index contributed by atoms with van der Waals surface area (Å²) in [4.78, 5) is 14.2. The van der Waals surface area contributed by atoms with E-state index < -0.39 is 17.6 Å². The molecule has 1 saturated heterocycles. The van der Waals surface area contributed by atoms with E-state index in [-0.39, 0.29) is 11.3 Å². The van der Waals surface area contributed by atoms with Gasteiger partial charge in [0.1, 0.15) is 0 Å². The van der Waals surface area contributed by atoms with Gasteiger partial charge in [0.15, 0.2) is 0 Å². The summed E-state index contributed by atoms with van der Waals surface area (Å²) in [5.41, 5.74) is 4.39. The highest BCUT2D eigenvalue weighted by molar-refractivity contribution is 5.95. The normalized spacial score (nSPS) is 19.4. The molecule has 0 aromatic heterocycles. The van der Waals surface area contributed by atoms with E-state index in [0.29, 0.717) is 19.0 Å². The quantitative estimate of drug-likeness (QED) is 0.839. The van der Waals surface area contributed by atoms with E-state index in [0.717, 1.165) is 31.6 Å². The van der Waals surface area contributed by atoms with Gasteiger partial charge < -0.3 is 16.0 Å². The van der Waals surface area contributed by atoms with Crippen LogP contribution in [-0.2, 0) is 6.18 Å². The van der Waals surface area contributed by atoms with Gasteiger partial charge in [-0.05, 0) is 37.1 Å². The van der Waals surface area contributed by atoms with Gasteiger partial charge in [0.05, 0.1) is 5.56 Å². The van der Waals surface area contributed by atoms with Gasteiger partial charge in [-0.2, -0.15) is 13.2 Å². The lowest BCUT2D eigenvalue weighted by Crippen LogP contribution is -2.34. The molecule has 7 heteroatoms. The number of nitrogens with zero attached hydrogens (tertiary/aromatic N) is 1. The molecule has 0 spiro atoms. The molecule has 1 aliphatic heterocycles. The van der Waals surface area contributed by atoms with Crippen molar-refractivity contribution in [2.75, 3.05) is 31.9 Å². The average molecular weight is 315 g/mol. The molecule has 0 aliphatic carbocycles. The minimum Gasteiger partial charge on any atom is -0.399 e. The highest BCUT2D eigenvalue weighted by Crippen LogP contribution is 2.31. The summed E-state index contributed by atoms with van der Waals surface area (Å²) in [5, 5.41) is 2.64. The Morgan fingerprint density at radius 2 is 2.14 bits per heavy atom. The van der Waals surface area contributed by atoms with Crippen LogP contribution in [0.15, 0.2) is 18.2 Å². The van der Waals surface area contributed by atoms with Gasteiger partial charge in [-0.3, -0.25) is 4.79 Å². The number of amides is 1. The predicted molar refractivity (Wildman–Crippen MR) is 78.4 cm³/mol. The number of halogens is 3. The van der Waals surface area contributed by atoms with Crippen LogP contribution >= 0.6 is 0 Å². The monoisotopic (exact) mass is 315 g/mol. The second-order valence-corrected chi connectivity index (χ2v) is 5.79. The molecule has 2 rings (SSSR count). The first-order chi connectivity index (χ1) is 10.3. The Kier molecular flexibility index (Phi) is 4.95. The van der Waals surface area contributed by atoms with Gasteiger partial charge in [0.2, 0.25) is 0 Å². The largest absolute Gasteiger partial charge is 0.416 e. The molecule has 1 aromatic carbocycles. The third kappa shape index (κ3) is 4.37. The summed E-state index contributed by atoms with van der Waals surface area (Å²) < 4.78 is 38.1. The Hall–Kier alpha value is -1.76. The lowest BCUT2D eigenvalue weighted by molar-refractivity contribution is -0.137. The van der Waals surface area contributed by atoms with E-state index in [1.54, 1.807) is 0 Å². The fourth-order valence-electron chi connectivity index (χ4n) is 2.61. The number of alkyl halides is 3. The van der Waals surface area contributed by atoms with E-state index in [4.69, 9.17) is 5.73 Å². The van der Waals surface area contributed by atoms with Crippen molar-refractivity contribution in [1.82, 2.24) is 10.2 Å². The maximum atomic E-state index is 12.7. The summed E-state index contributed by atoms with van der Waals surface area (Å²) in [6.07, 6.45) is -3.38. The highest BCUT2D eigenvalue weighted by atomic mass is 19.4. The number of anilines is 1. The molecular formula is C15H20F3N3O. The van der Waals surface area contributed by atoms with Gasteiger partial charge in [-0.25, -0.2) is 0 Å². The molecule has 1 heterocycles. The van der Waals surface area contributed by atoms with Gasteiger partial charge >= 0.3 is 6.18 Å². The first-order valence-electron chi connectivity index (χ1n) is 7.24. The molecule has 0 saturated carbocycles. The summed E-state index contributed by atoms with van der Waals surface area (Å²) in [6.45, 7) is 5.26. The van der Waals surface area contributed by atoms with Crippen LogP contribution in [0.1, 0.15) is 29.3 Å². The highest BCUT2D eigenvalue weighted by Gasteiger charge is 2.31. The zero-order chi connectivity index (χ0) is 16.3. The van der Waals surface area contributed by atoms with E-state index in [1.807, 2.05) is 0 Å². The van der Waals surface area contributed by atoms with Crippen molar-refractivity contribution in [2.45, 2.75) is 19.5 Å². The first-order valence-corrected chi connectivity index (χ1v) is 7.24. The smallest absolute Gasteiger partial charge is 0.399 e. The van der Waals surface area contributed by atoms with E-state index in [2.05, 4.69) is 17.1 Å². The minimum atomic E-state index is -4.52. The Balaban J connectivity index is 1.93. The third-order valence-corrected chi connectivity index (χ3v) is 3.77. The fourth-order valence-corrected chi connectivity index (χ4v) is 2.61. The van der Waals surface area contributed by atoms with Crippen LogP contribution in [0.2, 0.25) is 0 Å². The second-order valence-electron chi connectivity index (χ2n) is 5.79. The first kappa shape index (κ1) is 16.6. The number of hydrogen-bond acceptors (Lipinski definition) is 3. The molecule has 1 fully saturated rings. The summed E-state index contributed by atoms with van der Waals surface area (Å²) in [6, 6.07) is 2.90. The van der Waals surface area contributed by atoms with Gasteiger partial charge in [-0.1, -0.05) is 6.92 Å². The Bertz CT molecular complexity index is 545. The Morgan fingerprint density at radius 3 is 2.73 bits per heavy atom.